The zero-order chi connectivity index (χ0) is 19.5. The second-order valence-electron chi connectivity index (χ2n) is 6.45. The van der Waals surface area contributed by atoms with E-state index in [1.54, 1.807) is 18.5 Å². The minimum Gasteiger partial charge on any atom is -0.477 e. The highest BCUT2D eigenvalue weighted by Gasteiger charge is 2.19. The fraction of sp³-hybridized carbons (Fsp3) is 0.263. The Morgan fingerprint density at radius 1 is 1.39 bits per heavy atom. The van der Waals surface area contributed by atoms with E-state index in [-0.39, 0.29) is 23.0 Å². The van der Waals surface area contributed by atoms with Gasteiger partial charge < -0.3 is 14.6 Å². The van der Waals surface area contributed by atoms with Gasteiger partial charge in [-0.1, -0.05) is 6.07 Å². The lowest BCUT2D eigenvalue weighted by Crippen LogP contribution is -2.17. The Balaban J connectivity index is 1.77. The number of pyridine rings is 2. The summed E-state index contributed by atoms with van der Waals surface area (Å²) in [5, 5.41) is 20.1. The van der Waals surface area contributed by atoms with Crippen LogP contribution in [0.2, 0.25) is 0 Å². The van der Waals surface area contributed by atoms with Crippen LogP contribution in [-0.2, 0) is 0 Å². The van der Waals surface area contributed by atoms with Crippen molar-refractivity contribution in [2.45, 2.75) is 25.8 Å². The zero-order valence-corrected chi connectivity index (χ0v) is 15.2. The molecule has 1 aliphatic heterocycles. The van der Waals surface area contributed by atoms with E-state index < -0.39 is 5.91 Å². The Labute approximate surface area is 161 Å². The van der Waals surface area contributed by atoms with E-state index in [9.17, 15) is 4.79 Å². The molecule has 0 unspecified atom stereocenters. The summed E-state index contributed by atoms with van der Waals surface area (Å²) in [5.41, 5.74) is 1.08. The number of nitrogens with zero attached hydrogens (tertiary/aromatic N) is 6. The minimum atomic E-state index is -0.448. The Morgan fingerprint density at radius 2 is 2.29 bits per heavy atom. The predicted octanol–water partition coefficient (Wildman–Crippen LogP) is 2.59. The minimum absolute atomic E-state index is 0.144. The molecule has 3 aromatic rings. The van der Waals surface area contributed by atoms with Crippen molar-refractivity contribution in [1.82, 2.24) is 24.7 Å². The summed E-state index contributed by atoms with van der Waals surface area (Å²) in [5.74, 6) is 0.740. The van der Waals surface area contributed by atoms with Gasteiger partial charge in [0.2, 0.25) is 5.88 Å². The molecule has 1 atom stereocenters. The third-order valence-electron chi connectivity index (χ3n) is 4.50. The fourth-order valence-electron chi connectivity index (χ4n) is 3.04. The number of nitriles is 1. The Morgan fingerprint density at radius 3 is 3.14 bits per heavy atom. The van der Waals surface area contributed by atoms with Gasteiger partial charge in [0.25, 0.3) is 5.91 Å². The monoisotopic (exact) mass is 375 g/mol. The quantitative estimate of drug-likeness (QED) is 0.641. The highest BCUT2D eigenvalue weighted by Crippen LogP contribution is 2.24. The number of aromatic nitrogens is 5. The van der Waals surface area contributed by atoms with Crippen LogP contribution in [0.15, 0.2) is 36.8 Å². The molecule has 28 heavy (non-hydrogen) atoms. The van der Waals surface area contributed by atoms with Gasteiger partial charge in [0, 0.05) is 12.2 Å². The molecule has 4 heterocycles. The highest BCUT2D eigenvalue weighted by molar-refractivity contribution is 6.05. The molecule has 1 N–H and O–H groups in total. The van der Waals surface area contributed by atoms with E-state index >= 15 is 0 Å². The van der Waals surface area contributed by atoms with Gasteiger partial charge in [0.15, 0.2) is 5.82 Å². The van der Waals surface area contributed by atoms with Gasteiger partial charge in [-0.3, -0.25) is 4.79 Å². The smallest absolute Gasteiger partial charge is 0.262 e. The molecule has 0 saturated heterocycles. The number of nitrogens with one attached hydrogen (secondary N) is 1. The van der Waals surface area contributed by atoms with Gasteiger partial charge in [-0.05, 0) is 38.0 Å². The van der Waals surface area contributed by atoms with Crippen molar-refractivity contribution in [2.75, 3.05) is 11.9 Å². The van der Waals surface area contributed by atoms with Crippen LogP contribution >= 0.6 is 0 Å². The van der Waals surface area contributed by atoms with Gasteiger partial charge in [-0.2, -0.15) is 5.26 Å². The summed E-state index contributed by atoms with van der Waals surface area (Å²) < 4.78 is 7.70. The summed E-state index contributed by atoms with van der Waals surface area (Å²) >= 11 is 0. The second-order valence-corrected chi connectivity index (χ2v) is 6.45. The molecule has 9 nitrogen and oxygen atoms in total. The summed E-state index contributed by atoms with van der Waals surface area (Å²) in [6.45, 7) is 2.47. The van der Waals surface area contributed by atoms with Crippen molar-refractivity contribution in [3.63, 3.8) is 0 Å². The Kier molecular flexibility index (Phi) is 4.68. The average Bonchev–Trinajstić information content (AvgIpc) is 3.20. The molecule has 0 aromatic carbocycles. The molecule has 0 radical (unpaired) electrons. The first kappa shape index (κ1) is 17.6. The van der Waals surface area contributed by atoms with Crippen molar-refractivity contribution >= 4 is 11.7 Å². The lowest BCUT2D eigenvalue weighted by Gasteiger charge is -2.17. The van der Waals surface area contributed by atoms with Gasteiger partial charge in [-0.15, -0.1) is 10.2 Å². The van der Waals surface area contributed by atoms with Crippen LogP contribution in [0.4, 0.5) is 5.82 Å². The van der Waals surface area contributed by atoms with Crippen molar-refractivity contribution in [1.29, 1.82) is 5.26 Å². The number of carbonyl (C=O) groups excluding carboxylic acids is 1. The molecule has 0 spiro atoms. The Bertz CT molecular complexity index is 1070. The number of hydrogen-bond donors (Lipinski definition) is 1. The van der Waals surface area contributed by atoms with E-state index in [1.165, 1.54) is 12.3 Å². The molecule has 9 heteroatoms. The maximum atomic E-state index is 12.8. The molecule has 0 aliphatic carbocycles. The number of hydrogen-bond acceptors (Lipinski definition) is 7. The number of rotatable bonds is 0. The third kappa shape index (κ3) is 3.40. The van der Waals surface area contributed by atoms with Gasteiger partial charge in [-0.25, -0.2) is 9.97 Å². The molecule has 1 amide bonds. The molecule has 140 valence electrons. The van der Waals surface area contributed by atoms with Crippen LogP contribution in [0.25, 0.3) is 11.5 Å². The topological polar surface area (TPSA) is 119 Å². The van der Waals surface area contributed by atoms with E-state index in [1.807, 2.05) is 16.7 Å². The molecular formula is C19H17N7O2. The van der Waals surface area contributed by atoms with Crippen LogP contribution in [-0.4, -0.2) is 37.2 Å². The average molecular weight is 375 g/mol. The summed E-state index contributed by atoms with van der Waals surface area (Å²) in [7, 11) is 0. The number of anilines is 1. The highest BCUT2D eigenvalue weighted by atomic mass is 16.5. The van der Waals surface area contributed by atoms with Gasteiger partial charge >= 0.3 is 0 Å². The number of carbonyl (C=O) groups is 1. The molecular weight excluding hydrogens is 358 g/mol. The van der Waals surface area contributed by atoms with E-state index in [2.05, 4.69) is 32.4 Å². The second kappa shape index (κ2) is 7.44. The van der Waals surface area contributed by atoms with Crippen LogP contribution in [0.1, 0.15) is 41.7 Å². The van der Waals surface area contributed by atoms with Gasteiger partial charge in [0.1, 0.15) is 29.5 Å². The lowest BCUT2D eigenvalue weighted by atomic mass is 10.1. The van der Waals surface area contributed by atoms with Crippen molar-refractivity contribution in [3.05, 3.63) is 47.9 Å². The van der Waals surface area contributed by atoms with Crippen molar-refractivity contribution in [2.24, 2.45) is 0 Å². The molecule has 3 aromatic heterocycles. The third-order valence-corrected chi connectivity index (χ3v) is 4.50. The van der Waals surface area contributed by atoms with Crippen LogP contribution in [0.3, 0.4) is 0 Å². The summed E-state index contributed by atoms with van der Waals surface area (Å²) in [4.78, 5) is 21.4. The normalized spacial score (nSPS) is 16.6. The predicted molar refractivity (Wildman–Crippen MR) is 99.6 cm³/mol. The molecule has 4 rings (SSSR count). The van der Waals surface area contributed by atoms with Crippen molar-refractivity contribution < 1.29 is 9.53 Å². The lowest BCUT2D eigenvalue weighted by molar-refractivity contribution is 0.102. The van der Waals surface area contributed by atoms with E-state index in [0.717, 1.165) is 12.8 Å². The van der Waals surface area contributed by atoms with Crippen LogP contribution in [0, 0.1) is 11.3 Å². The van der Waals surface area contributed by atoms with Crippen LogP contribution in [0.5, 0.6) is 5.88 Å². The first-order chi connectivity index (χ1) is 13.7. The first-order valence-corrected chi connectivity index (χ1v) is 8.87. The maximum Gasteiger partial charge on any atom is 0.262 e. The molecule has 1 aliphatic rings. The molecule has 2 bridgehead atoms. The van der Waals surface area contributed by atoms with Gasteiger partial charge in [0.05, 0.1) is 12.2 Å². The van der Waals surface area contributed by atoms with Crippen LogP contribution < -0.4 is 10.1 Å². The van der Waals surface area contributed by atoms with E-state index in [4.69, 9.17) is 10.00 Å². The molecule has 0 saturated carbocycles. The van der Waals surface area contributed by atoms with E-state index in [0.29, 0.717) is 23.9 Å². The molecule has 0 fully saturated rings. The number of ether oxygens (including phenoxy) is 1. The largest absolute Gasteiger partial charge is 0.477 e. The maximum absolute atomic E-state index is 12.8. The number of fused-ring (bicyclic) bond motifs is 5. The Hall–Kier alpha value is -3.80. The first-order valence-electron chi connectivity index (χ1n) is 8.87. The zero-order valence-electron chi connectivity index (χ0n) is 15.2. The fourth-order valence-corrected chi connectivity index (χ4v) is 3.04. The van der Waals surface area contributed by atoms with Crippen molar-refractivity contribution in [3.8, 4) is 23.5 Å². The summed E-state index contributed by atoms with van der Waals surface area (Å²) in [6, 6.07) is 8.89. The summed E-state index contributed by atoms with van der Waals surface area (Å²) in [6.07, 6.45) is 4.64. The standard InChI is InChI=1S/C19H17N7O2/c1-12-4-3-7-28-19-14(8-13(9-20)10-21-19)18(27)24-16-6-2-5-15(23-16)17-25-22-11-26(12)17/h2,5-6,8,10-12H,3-4,7H2,1H3,(H,23,24,27)/t12-/m1/s1. The number of amides is 1. The SMILES string of the molecule is C[C@@H]1CCCOc2ncc(C#N)cc2C(=O)Nc2cccc(n2)-c2nncn21.